The number of nitrogens with zero attached hydrogens (tertiary/aromatic N) is 5. The summed E-state index contributed by atoms with van der Waals surface area (Å²) in [4.78, 5) is 12.1. The van der Waals surface area contributed by atoms with Gasteiger partial charge in [0.1, 0.15) is 6.33 Å². The first-order valence-corrected chi connectivity index (χ1v) is 6.22. The number of rotatable bonds is 3. The Morgan fingerprint density at radius 2 is 2.14 bits per heavy atom. The number of aryl methyl sites for hydroxylation is 2. The van der Waals surface area contributed by atoms with Crippen molar-refractivity contribution < 1.29 is 9.32 Å². The third-order valence-corrected chi connectivity index (χ3v) is 2.93. The summed E-state index contributed by atoms with van der Waals surface area (Å²) >= 11 is 0. The van der Waals surface area contributed by atoms with Crippen LogP contribution in [0.4, 0.5) is 5.69 Å². The van der Waals surface area contributed by atoms with Crippen LogP contribution in [-0.2, 0) is 0 Å². The van der Waals surface area contributed by atoms with E-state index >= 15 is 0 Å². The van der Waals surface area contributed by atoms with E-state index in [1.165, 1.54) is 11.0 Å². The monoisotopic (exact) mass is 284 g/mol. The van der Waals surface area contributed by atoms with Crippen molar-refractivity contribution in [1.29, 1.82) is 0 Å². The van der Waals surface area contributed by atoms with E-state index in [4.69, 9.17) is 4.52 Å². The van der Waals surface area contributed by atoms with E-state index in [1.54, 1.807) is 19.1 Å². The Morgan fingerprint density at radius 3 is 2.81 bits per heavy atom. The highest BCUT2D eigenvalue weighted by molar-refractivity contribution is 6.02. The van der Waals surface area contributed by atoms with Crippen LogP contribution in [-0.4, -0.2) is 31.3 Å². The smallest absolute Gasteiger partial charge is 0.294 e. The third-order valence-electron chi connectivity index (χ3n) is 2.93. The Morgan fingerprint density at radius 1 is 1.29 bits per heavy atom. The maximum Gasteiger partial charge on any atom is 0.294 e. The van der Waals surface area contributed by atoms with Gasteiger partial charge in [0.2, 0.25) is 5.76 Å². The van der Waals surface area contributed by atoms with Crippen LogP contribution in [0.2, 0.25) is 0 Å². The number of carbonyl (C=O) groups excluding carboxylic acids is 1. The second-order valence-electron chi connectivity index (χ2n) is 4.54. The van der Waals surface area contributed by atoms with Gasteiger partial charge in [0, 0.05) is 11.8 Å². The molecule has 3 rings (SSSR count). The third kappa shape index (κ3) is 2.64. The molecule has 0 saturated carbocycles. The molecular weight excluding hydrogens is 272 g/mol. The highest BCUT2D eigenvalue weighted by Crippen LogP contribution is 2.20. The van der Waals surface area contributed by atoms with Crippen LogP contribution in [0, 0.1) is 13.8 Å². The van der Waals surface area contributed by atoms with Crippen LogP contribution in [0.3, 0.4) is 0 Å². The van der Waals surface area contributed by atoms with Crippen LogP contribution in [0.1, 0.15) is 21.8 Å². The van der Waals surface area contributed by atoms with Crippen LogP contribution in [0.15, 0.2) is 35.1 Å². The van der Waals surface area contributed by atoms with Crippen molar-refractivity contribution in [3.63, 3.8) is 0 Å². The summed E-state index contributed by atoms with van der Waals surface area (Å²) in [5, 5.41) is 17.5. The van der Waals surface area contributed by atoms with Gasteiger partial charge in [-0.1, -0.05) is 11.2 Å². The molecule has 0 saturated heterocycles. The Bertz CT molecular complexity index is 778. The van der Waals surface area contributed by atoms with Crippen molar-refractivity contribution in [3.8, 4) is 5.69 Å². The van der Waals surface area contributed by atoms with E-state index in [-0.39, 0.29) is 11.7 Å². The molecule has 106 valence electrons. The predicted molar refractivity (Wildman–Crippen MR) is 73.1 cm³/mol. The fourth-order valence-corrected chi connectivity index (χ4v) is 1.82. The topological polar surface area (TPSA) is 98.7 Å². The van der Waals surface area contributed by atoms with E-state index in [0.29, 0.717) is 11.4 Å². The lowest BCUT2D eigenvalue weighted by Gasteiger charge is -2.09. The van der Waals surface area contributed by atoms with Crippen LogP contribution in [0.25, 0.3) is 5.69 Å². The van der Waals surface area contributed by atoms with Gasteiger partial charge >= 0.3 is 0 Å². The lowest BCUT2D eigenvalue weighted by Crippen LogP contribution is -2.12. The van der Waals surface area contributed by atoms with E-state index < -0.39 is 0 Å². The molecule has 0 aliphatic carbocycles. The number of anilines is 1. The van der Waals surface area contributed by atoms with Crippen molar-refractivity contribution >= 4 is 11.6 Å². The number of carbonyl (C=O) groups is 1. The first kappa shape index (κ1) is 13.0. The van der Waals surface area contributed by atoms with Crippen molar-refractivity contribution in [1.82, 2.24) is 25.4 Å². The molecule has 8 nitrogen and oxygen atoms in total. The summed E-state index contributed by atoms with van der Waals surface area (Å²) in [7, 11) is 0. The molecule has 0 unspecified atom stereocenters. The highest BCUT2D eigenvalue weighted by atomic mass is 16.5. The zero-order valence-corrected chi connectivity index (χ0v) is 11.4. The minimum Gasteiger partial charge on any atom is -0.351 e. The van der Waals surface area contributed by atoms with Gasteiger partial charge in [-0.2, -0.15) is 0 Å². The molecule has 2 heterocycles. The normalized spacial score (nSPS) is 10.6. The maximum absolute atomic E-state index is 12.1. The van der Waals surface area contributed by atoms with Crippen molar-refractivity contribution in [2.45, 2.75) is 13.8 Å². The molecule has 0 aliphatic heterocycles. The quantitative estimate of drug-likeness (QED) is 0.782. The van der Waals surface area contributed by atoms with Gasteiger partial charge < -0.3 is 9.84 Å². The predicted octanol–water partition coefficient (Wildman–Crippen LogP) is 1.52. The molecule has 2 aromatic heterocycles. The molecule has 0 bridgehead atoms. The fourth-order valence-electron chi connectivity index (χ4n) is 1.82. The number of amides is 1. The van der Waals surface area contributed by atoms with Gasteiger partial charge in [-0.3, -0.25) is 4.79 Å². The summed E-state index contributed by atoms with van der Waals surface area (Å²) < 4.78 is 6.45. The Hall–Kier alpha value is -3.03. The number of nitrogens with one attached hydrogen (secondary N) is 1. The molecule has 1 aromatic carbocycles. The molecular formula is C13H12N6O2. The number of hydrogen-bond donors (Lipinski definition) is 1. The van der Waals surface area contributed by atoms with Crippen LogP contribution in [0.5, 0.6) is 0 Å². The molecule has 0 spiro atoms. The summed E-state index contributed by atoms with van der Waals surface area (Å²) in [5.41, 5.74) is 2.97. The first-order chi connectivity index (χ1) is 10.1. The number of tetrazole rings is 1. The highest BCUT2D eigenvalue weighted by Gasteiger charge is 2.13. The Balaban J connectivity index is 1.88. The number of benzene rings is 1. The maximum atomic E-state index is 12.1. The Labute approximate surface area is 119 Å². The summed E-state index contributed by atoms with van der Waals surface area (Å²) in [5.74, 6) is -0.188. The van der Waals surface area contributed by atoms with E-state index in [1.807, 2.05) is 19.1 Å². The molecule has 1 N–H and O–H groups in total. The van der Waals surface area contributed by atoms with Crippen LogP contribution >= 0.6 is 0 Å². The molecule has 21 heavy (non-hydrogen) atoms. The largest absolute Gasteiger partial charge is 0.351 e. The van der Waals surface area contributed by atoms with Gasteiger partial charge in [-0.25, -0.2) is 4.68 Å². The first-order valence-electron chi connectivity index (χ1n) is 6.22. The summed E-state index contributed by atoms with van der Waals surface area (Å²) in [6, 6.07) is 7.10. The number of hydrogen-bond acceptors (Lipinski definition) is 6. The lowest BCUT2D eigenvalue weighted by atomic mass is 10.1. The van der Waals surface area contributed by atoms with E-state index in [0.717, 1.165) is 11.3 Å². The number of aromatic nitrogens is 5. The average Bonchev–Trinajstić information content (AvgIpc) is 3.12. The zero-order valence-electron chi connectivity index (χ0n) is 11.4. The van der Waals surface area contributed by atoms with Crippen molar-refractivity contribution in [2.75, 3.05) is 5.32 Å². The fraction of sp³-hybridized carbons (Fsp3) is 0.154. The second-order valence-corrected chi connectivity index (χ2v) is 4.54. The van der Waals surface area contributed by atoms with Gasteiger partial charge in [0.15, 0.2) is 0 Å². The second kappa shape index (κ2) is 5.16. The van der Waals surface area contributed by atoms with Gasteiger partial charge in [0.05, 0.1) is 11.4 Å². The summed E-state index contributed by atoms with van der Waals surface area (Å²) in [6.07, 6.45) is 1.48. The molecule has 8 heteroatoms. The minimum atomic E-state index is -0.354. The van der Waals surface area contributed by atoms with Gasteiger partial charge in [0.25, 0.3) is 5.91 Å². The minimum absolute atomic E-state index is 0.166. The van der Waals surface area contributed by atoms with Gasteiger partial charge in [-0.15, -0.1) is 5.10 Å². The van der Waals surface area contributed by atoms with Crippen LogP contribution < -0.4 is 5.32 Å². The van der Waals surface area contributed by atoms with E-state index in [2.05, 4.69) is 26.0 Å². The standard InChI is InChI=1S/C13H12N6O2/c1-8-3-4-10(19-7-14-17-18-19)6-11(8)15-13(20)12-5-9(2)16-21-12/h3-7H,1-2H3,(H,15,20). The molecule has 0 radical (unpaired) electrons. The average molecular weight is 284 g/mol. The molecule has 3 aromatic rings. The molecule has 1 amide bonds. The van der Waals surface area contributed by atoms with Gasteiger partial charge in [-0.05, 0) is 42.0 Å². The molecule has 0 fully saturated rings. The van der Waals surface area contributed by atoms with Crippen molar-refractivity contribution in [3.05, 3.63) is 47.6 Å². The Kier molecular flexibility index (Phi) is 3.19. The molecule has 0 aliphatic rings. The van der Waals surface area contributed by atoms with E-state index in [9.17, 15) is 4.79 Å². The summed E-state index contributed by atoms with van der Waals surface area (Å²) in [6.45, 7) is 3.65. The zero-order chi connectivity index (χ0) is 14.8. The molecule has 0 atom stereocenters. The SMILES string of the molecule is Cc1cc(C(=O)Nc2cc(-n3cnnn3)ccc2C)on1. The lowest BCUT2D eigenvalue weighted by molar-refractivity contribution is 0.0988. The van der Waals surface area contributed by atoms with Crippen molar-refractivity contribution in [2.24, 2.45) is 0 Å².